The van der Waals surface area contributed by atoms with Gasteiger partial charge in [-0.1, -0.05) is 276 Å². The van der Waals surface area contributed by atoms with Crippen LogP contribution in [-0.2, 0) is 65.4 Å². The lowest BCUT2D eigenvalue weighted by Crippen LogP contribution is -2.30. The van der Waals surface area contributed by atoms with Crippen molar-refractivity contribution in [1.29, 1.82) is 0 Å². The fourth-order valence-corrected chi connectivity index (χ4v) is 11.3. The normalized spacial score (nSPS) is 14.8. The number of unbranched alkanes of at least 4 members (excludes halogenated alkanes) is 20. The summed E-state index contributed by atoms with van der Waals surface area (Å²) in [6, 6.07) is 0. The largest absolute Gasteiger partial charge is 0.472 e. The third-order valence-corrected chi connectivity index (χ3v) is 17.4. The molecule has 0 radical (unpaired) electrons. The summed E-state index contributed by atoms with van der Waals surface area (Å²) in [5.74, 6) is -2.37. The van der Waals surface area contributed by atoms with Gasteiger partial charge in [0.2, 0.25) is 0 Å². The topological polar surface area (TPSA) is 237 Å². The molecule has 0 aromatic rings. The molecule has 0 rings (SSSR count). The molecule has 0 saturated heterocycles. The lowest BCUT2D eigenvalue weighted by molar-refractivity contribution is -0.161. The van der Waals surface area contributed by atoms with E-state index in [1.54, 1.807) is 12.2 Å². The third kappa shape index (κ3) is 73.0. The molecule has 0 aliphatic heterocycles. The van der Waals surface area contributed by atoms with Crippen LogP contribution in [-0.4, -0.2) is 96.7 Å². The first kappa shape index (κ1) is 96.7. The number of esters is 4. The Bertz CT molecular complexity index is 2550. The minimum absolute atomic E-state index is 0.0753. The predicted molar refractivity (Wildman–Crippen MR) is 417 cm³/mol. The molecule has 0 bridgehead atoms. The number of hydrogen-bond acceptors (Lipinski definition) is 15. The van der Waals surface area contributed by atoms with Gasteiger partial charge in [0.25, 0.3) is 0 Å². The highest BCUT2D eigenvalue weighted by Gasteiger charge is 2.30. The van der Waals surface area contributed by atoms with Crippen LogP contribution in [0.2, 0.25) is 0 Å². The van der Waals surface area contributed by atoms with Crippen LogP contribution in [0.3, 0.4) is 0 Å². The summed E-state index contributed by atoms with van der Waals surface area (Å²) < 4.78 is 68.3. The average Bonchev–Trinajstić information content (AvgIpc) is 0.936. The zero-order chi connectivity index (χ0) is 74.6. The molecule has 3 N–H and O–H groups in total. The highest BCUT2D eigenvalue weighted by Crippen LogP contribution is 2.45. The Balaban J connectivity index is 5.41. The second-order valence-corrected chi connectivity index (χ2v) is 28.1. The molecule has 17 nitrogen and oxygen atoms in total. The van der Waals surface area contributed by atoms with Crippen molar-refractivity contribution >= 4 is 39.5 Å². The number of ether oxygens (including phenoxy) is 4. The van der Waals surface area contributed by atoms with Gasteiger partial charge in [0.1, 0.15) is 19.3 Å². The molecular formula is C83H136O17P2. The Labute approximate surface area is 617 Å². The summed E-state index contributed by atoms with van der Waals surface area (Å²) in [4.78, 5) is 72.8. The maximum atomic E-state index is 13.1. The van der Waals surface area contributed by atoms with Crippen molar-refractivity contribution in [3.05, 3.63) is 158 Å². The summed E-state index contributed by atoms with van der Waals surface area (Å²) in [5, 5.41) is 10.6. The van der Waals surface area contributed by atoms with Gasteiger partial charge in [-0.05, 0) is 141 Å². The molecule has 0 aliphatic rings. The maximum absolute atomic E-state index is 13.1. The molecule has 5 unspecified atom stereocenters. The summed E-state index contributed by atoms with van der Waals surface area (Å²) in [6.07, 6.45) is 85.5. The predicted octanol–water partition coefficient (Wildman–Crippen LogP) is 22.4. The van der Waals surface area contributed by atoms with Gasteiger partial charge < -0.3 is 33.8 Å². The second kappa shape index (κ2) is 74.0. The molecular weight excluding hydrogens is 1330 g/mol. The smallest absolute Gasteiger partial charge is 0.462 e. The van der Waals surface area contributed by atoms with E-state index in [0.29, 0.717) is 25.7 Å². The molecule has 0 aromatic carbocycles. The molecule has 102 heavy (non-hydrogen) atoms. The van der Waals surface area contributed by atoms with E-state index in [9.17, 15) is 43.2 Å². The fourth-order valence-electron chi connectivity index (χ4n) is 9.69. The number of aliphatic hydroxyl groups is 1. The van der Waals surface area contributed by atoms with Gasteiger partial charge in [0.05, 0.1) is 32.8 Å². The molecule has 19 heteroatoms. The van der Waals surface area contributed by atoms with Crippen molar-refractivity contribution in [3.63, 3.8) is 0 Å². The van der Waals surface area contributed by atoms with Crippen LogP contribution in [0.15, 0.2) is 158 Å². The van der Waals surface area contributed by atoms with Gasteiger partial charge in [-0.25, -0.2) is 9.13 Å². The monoisotopic (exact) mass is 1470 g/mol. The molecule has 0 fully saturated rings. The fraction of sp³-hybridized carbons (Fsp3) is 0.639. The van der Waals surface area contributed by atoms with Crippen LogP contribution in [0.4, 0.5) is 0 Å². The SMILES string of the molecule is CC/C=C\C/C=C\C/C=C\C/C=C\C/C=C\CC(=O)OC(COC(=O)CCCCCCCC/C=C\C/C=C\C/C=C\C/C=C\CC)COP(=O)(O)OCC(O)COP(=O)(O)OCC(COC(=O)CCCCCCCCC/C=C\C/C=C\C/C=C\CC)OC(=O)CCCCCCC/C=C\CCCC. The Morgan fingerprint density at radius 3 is 0.882 bits per heavy atom. The summed E-state index contributed by atoms with van der Waals surface area (Å²) >= 11 is 0. The number of carbonyl (C=O) groups is 4. The number of carbonyl (C=O) groups excluding carboxylic acids is 4. The van der Waals surface area contributed by atoms with E-state index in [1.807, 2.05) is 12.2 Å². The summed E-state index contributed by atoms with van der Waals surface area (Å²) in [7, 11) is -10.00. The number of phosphoric acid groups is 2. The van der Waals surface area contributed by atoms with Crippen molar-refractivity contribution in [2.24, 2.45) is 0 Å². The highest BCUT2D eigenvalue weighted by molar-refractivity contribution is 7.47. The first-order chi connectivity index (χ1) is 49.7. The van der Waals surface area contributed by atoms with Crippen LogP contribution in [0.1, 0.15) is 285 Å². The molecule has 0 spiro atoms. The van der Waals surface area contributed by atoms with Gasteiger partial charge in [0, 0.05) is 19.3 Å². The Kier molecular flexibility index (Phi) is 70.1. The molecule has 0 amide bonds. The minimum Gasteiger partial charge on any atom is -0.462 e. The van der Waals surface area contributed by atoms with Crippen LogP contribution in [0.25, 0.3) is 0 Å². The van der Waals surface area contributed by atoms with Crippen molar-refractivity contribution in [2.45, 2.75) is 303 Å². The first-order valence-corrected chi connectivity index (χ1v) is 41.7. The number of allylic oxidation sites excluding steroid dienone is 25. The highest BCUT2D eigenvalue weighted by atomic mass is 31.2. The van der Waals surface area contributed by atoms with Gasteiger partial charge in [-0.2, -0.15) is 0 Å². The summed E-state index contributed by atoms with van der Waals surface area (Å²) in [5.41, 5.74) is 0. The third-order valence-electron chi connectivity index (χ3n) is 15.5. The van der Waals surface area contributed by atoms with Gasteiger partial charge in [0.15, 0.2) is 12.2 Å². The van der Waals surface area contributed by atoms with E-state index in [-0.39, 0.29) is 25.7 Å². The van der Waals surface area contributed by atoms with E-state index < -0.39 is 97.5 Å². The average molecular weight is 1470 g/mol. The lowest BCUT2D eigenvalue weighted by atomic mass is 10.1. The summed E-state index contributed by atoms with van der Waals surface area (Å²) in [6.45, 7) is 4.33. The number of aliphatic hydroxyl groups excluding tert-OH is 1. The number of hydrogen-bond donors (Lipinski definition) is 3. The van der Waals surface area contributed by atoms with Gasteiger partial charge >= 0.3 is 39.5 Å². The number of rotatable bonds is 71. The standard InChI is InChI=1S/C83H136O17P2/c1-5-9-13-17-21-25-29-32-35-37-38-40-43-45-49-52-56-60-64-68-81(86)94-74-79(100-83(88)70-66-62-58-54-50-46-41-34-31-27-23-19-15-11-7-3)76-98-102(91,92)96-72-77(84)71-95-101(89,90)97-75-78(99-82(87)69-65-61-57-53-47-28-24-20-16-12-8-4)73-93-80(85)67-63-59-55-51-48-44-42-39-36-33-30-26-22-18-14-10-6-2/h9-11,13-15,20-27,32-36,38,40-41,50,54,62,66,77-79,84H,5-8,12,16-19,28-31,37,39,42-49,51-53,55-61,63-65,67-76H2,1-4H3,(H,89,90)(H,91,92)/b13-9-,14-10-,15-11-,24-20-,25-21-,26-22-,27-23-,35-32-,36-33-,40-38-,41-34-,54-50-,66-62-. The van der Waals surface area contributed by atoms with E-state index in [4.69, 9.17) is 37.0 Å². The van der Waals surface area contributed by atoms with Crippen LogP contribution in [0.5, 0.6) is 0 Å². The molecule has 5 atom stereocenters. The molecule has 0 heterocycles. The quantitative estimate of drug-likeness (QED) is 0.0169. The molecule has 0 aliphatic carbocycles. The molecule has 0 aromatic heterocycles. The van der Waals surface area contributed by atoms with Crippen molar-refractivity contribution in [3.8, 4) is 0 Å². The van der Waals surface area contributed by atoms with E-state index in [0.717, 1.165) is 193 Å². The van der Waals surface area contributed by atoms with Crippen molar-refractivity contribution in [2.75, 3.05) is 39.6 Å². The lowest BCUT2D eigenvalue weighted by Gasteiger charge is -2.21. The Morgan fingerprint density at radius 1 is 0.294 bits per heavy atom. The number of phosphoric ester groups is 2. The second-order valence-electron chi connectivity index (χ2n) is 25.2. The van der Waals surface area contributed by atoms with Crippen LogP contribution in [0, 0.1) is 0 Å². The zero-order valence-corrected chi connectivity index (χ0v) is 65.0. The zero-order valence-electron chi connectivity index (χ0n) is 63.2. The minimum atomic E-state index is -5.01. The van der Waals surface area contributed by atoms with E-state index >= 15 is 0 Å². The van der Waals surface area contributed by atoms with Gasteiger partial charge in [-0.3, -0.25) is 37.3 Å². The Hall–Kier alpha value is -5.32. The first-order valence-electron chi connectivity index (χ1n) is 38.7. The Morgan fingerprint density at radius 2 is 0.549 bits per heavy atom. The van der Waals surface area contributed by atoms with Crippen molar-refractivity contribution in [1.82, 2.24) is 0 Å². The van der Waals surface area contributed by atoms with Crippen molar-refractivity contribution < 1.29 is 80.2 Å². The van der Waals surface area contributed by atoms with Crippen LogP contribution < -0.4 is 0 Å². The molecule has 580 valence electrons. The van der Waals surface area contributed by atoms with Gasteiger partial charge in [-0.15, -0.1) is 0 Å². The van der Waals surface area contributed by atoms with E-state index in [1.165, 1.54) is 12.8 Å². The van der Waals surface area contributed by atoms with E-state index in [2.05, 4.69) is 161 Å². The van der Waals surface area contributed by atoms with Crippen LogP contribution >= 0.6 is 15.6 Å². The maximum Gasteiger partial charge on any atom is 0.472 e. The molecule has 0 saturated carbocycles.